The number of fused-ring (bicyclic) bond motifs is 5. The van der Waals surface area contributed by atoms with Crippen LogP contribution in [0, 0.1) is 35.0 Å². The third-order valence-corrected chi connectivity index (χ3v) is 7.65. The lowest BCUT2D eigenvalue weighted by Crippen LogP contribution is -2.47. The second-order valence-corrected chi connectivity index (χ2v) is 8.43. The first-order valence-electron chi connectivity index (χ1n) is 9.08. The zero-order valence-corrected chi connectivity index (χ0v) is 13.6. The van der Waals surface area contributed by atoms with Crippen LogP contribution >= 0.6 is 0 Å². The number of allylic oxidation sites excluding steroid dienone is 1. The van der Waals surface area contributed by atoms with Gasteiger partial charge < -0.3 is 5.11 Å². The number of aliphatic hydroxyl groups is 1. The molecule has 120 valence electrons. The van der Waals surface area contributed by atoms with Crippen molar-refractivity contribution in [3.63, 3.8) is 0 Å². The largest absolute Gasteiger partial charge is 0.392 e. The van der Waals surface area contributed by atoms with Crippen LogP contribution in [-0.4, -0.2) is 17.0 Å². The van der Waals surface area contributed by atoms with Crippen molar-refractivity contribution in [1.29, 1.82) is 0 Å². The van der Waals surface area contributed by atoms with E-state index in [1.807, 2.05) is 12.2 Å². The molecular formula is C20H28O2. The highest BCUT2D eigenvalue weighted by molar-refractivity contribution is 5.91. The van der Waals surface area contributed by atoms with Gasteiger partial charge in [0.15, 0.2) is 5.78 Å². The molecule has 0 aromatic carbocycles. The molecule has 4 rings (SSSR count). The van der Waals surface area contributed by atoms with E-state index >= 15 is 0 Å². The predicted octanol–water partition coefficient (Wildman–Crippen LogP) is 3.90. The maximum Gasteiger partial charge on any atom is 0.155 e. The first kappa shape index (κ1) is 14.7. The third kappa shape index (κ3) is 1.92. The molecule has 0 amide bonds. The molecular weight excluding hydrogens is 272 g/mol. The smallest absolute Gasteiger partial charge is 0.155 e. The zero-order valence-electron chi connectivity index (χ0n) is 13.6. The van der Waals surface area contributed by atoms with Gasteiger partial charge in [0.2, 0.25) is 0 Å². The number of rotatable bonds is 1. The number of ketones is 1. The Kier molecular flexibility index (Phi) is 3.38. The van der Waals surface area contributed by atoms with Crippen LogP contribution in [0.4, 0.5) is 0 Å². The van der Waals surface area contributed by atoms with Crippen molar-refractivity contribution in [3.8, 4) is 0 Å². The van der Waals surface area contributed by atoms with Gasteiger partial charge in [-0.05, 0) is 73.7 Å². The van der Waals surface area contributed by atoms with Crippen LogP contribution in [0.15, 0.2) is 24.3 Å². The molecule has 0 aromatic heterocycles. The van der Waals surface area contributed by atoms with E-state index in [-0.39, 0.29) is 17.4 Å². The SMILES string of the molecule is C=C[C@@H]1C[C@H]2[C@@H]3CCC4=CC(=O)CC[C@@H]4[C@H]3CC[C@]2(C)[C@H]1O. The van der Waals surface area contributed by atoms with E-state index in [9.17, 15) is 9.90 Å². The summed E-state index contributed by atoms with van der Waals surface area (Å²) in [5.74, 6) is 3.41. The van der Waals surface area contributed by atoms with Crippen LogP contribution in [0.3, 0.4) is 0 Å². The van der Waals surface area contributed by atoms with E-state index in [2.05, 4.69) is 13.5 Å². The second kappa shape index (κ2) is 5.06. The van der Waals surface area contributed by atoms with Gasteiger partial charge in [0.25, 0.3) is 0 Å². The average Bonchev–Trinajstić information content (AvgIpc) is 2.78. The Morgan fingerprint density at radius 2 is 2.09 bits per heavy atom. The number of hydrogen-bond donors (Lipinski definition) is 1. The van der Waals surface area contributed by atoms with E-state index < -0.39 is 0 Å². The minimum absolute atomic E-state index is 0.0890. The van der Waals surface area contributed by atoms with Crippen molar-refractivity contribution in [2.75, 3.05) is 0 Å². The molecule has 4 aliphatic carbocycles. The van der Waals surface area contributed by atoms with Gasteiger partial charge in [-0.1, -0.05) is 18.6 Å². The van der Waals surface area contributed by atoms with Crippen molar-refractivity contribution >= 4 is 5.78 Å². The Hall–Kier alpha value is -0.890. The molecule has 2 nitrogen and oxygen atoms in total. The first-order chi connectivity index (χ1) is 10.5. The maximum absolute atomic E-state index is 11.7. The fourth-order valence-electron chi connectivity index (χ4n) is 6.48. The molecule has 0 aliphatic heterocycles. The lowest BCUT2D eigenvalue weighted by atomic mass is 9.52. The Labute approximate surface area is 133 Å². The summed E-state index contributed by atoms with van der Waals surface area (Å²) in [6, 6.07) is 0. The fraction of sp³-hybridized carbons (Fsp3) is 0.750. The Morgan fingerprint density at radius 1 is 1.27 bits per heavy atom. The Balaban J connectivity index is 1.63. The predicted molar refractivity (Wildman–Crippen MR) is 87.2 cm³/mol. The number of hydrogen-bond acceptors (Lipinski definition) is 2. The molecule has 0 bridgehead atoms. The number of aliphatic hydroxyl groups excluding tert-OH is 1. The first-order valence-corrected chi connectivity index (χ1v) is 9.08. The molecule has 0 radical (unpaired) electrons. The summed E-state index contributed by atoms with van der Waals surface area (Å²) in [5, 5.41) is 10.8. The van der Waals surface area contributed by atoms with Crippen molar-refractivity contribution in [2.24, 2.45) is 35.0 Å². The highest BCUT2D eigenvalue weighted by atomic mass is 16.3. The molecule has 0 heterocycles. The second-order valence-electron chi connectivity index (χ2n) is 8.43. The molecule has 0 saturated heterocycles. The van der Waals surface area contributed by atoms with Crippen molar-refractivity contribution < 1.29 is 9.90 Å². The van der Waals surface area contributed by atoms with Crippen LogP contribution in [0.2, 0.25) is 0 Å². The van der Waals surface area contributed by atoms with Gasteiger partial charge in [-0.2, -0.15) is 0 Å². The normalized spacial score (nSPS) is 50.6. The molecule has 2 heteroatoms. The monoisotopic (exact) mass is 300 g/mol. The summed E-state index contributed by atoms with van der Waals surface area (Å²) >= 11 is 0. The molecule has 0 spiro atoms. The summed E-state index contributed by atoms with van der Waals surface area (Å²) in [6.07, 6.45) is 11.4. The van der Waals surface area contributed by atoms with E-state index in [4.69, 9.17) is 0 Å². The summed E-state index contributed by atoms with van der Waals surface area (Å²) in [4.78, 5) is 11.7. The van der Waals surface area contributed by atoms with Crippen LogP contribution in [-0.2, 0) is 4.79 Å². The van der Waals surface area contributed by atoms with Gasteiger partial charge in [-0.15, -0.1) is 6.58 Å². The standard InChI is InChI=1S/C20H28O2/c1-3-12-11-18-17-6-4-13-10-14(21)5-7-15(13)16(17)8-9-20(18,2)19(12)22/h3,10,12,15-19,22H,1,4-9,11H2,2H3/t12-,15+,16-,17-,18+,19+,20+/m1/s1. The van der Waals surface area contributed by atoms with E-state index in [1.165, 1.54) is 18.4 Å². The molecule has 0 aromatic rings. The quantitative estimate of drug-likeness (QED) is 0.746. The highest BCUT2D eigenvalue weighted by Gasteiger charge is 2.58. The number of carbonyl (C=O) groups excluding carboxylic acids is 1. The summed E-state index contributed by atoms with van der Waals surface area (Å²) in [6.45, 7) is 6.27. The molecule has 3 saturated carbocycles. The van der Waals surface area contributed by atoms with Gasteiger partial charge in [0.1, 0.15) is 0 Å². The lowest BCUT2D eigenvalue weighted by Gasteiger charge is -2.53. The van der Waals surface area contributed by atoms with Crippen LogP contribution in [0.5, 0.6) is 0 Å². The highest BCUT2D eigenvalue weighted by Crippen LogP contribution is 2.63. The molecule has 22 heavy (non-hydrogen) atoms. The lowest BCUT2D eigenvalue weighted by molar-refractivity contribution is -0.116. The number of carbonyl (C=O) groups is 1. The molecule has 4 aliphatic rings. The third-order valence-electron chi connectivity index (χ3n) is 7.65. The molecule has 0 unspecified atom stereocenters. The molecule has 7 atom stereocenters. The Morgan fingerprint density at radius 3 is 2.86 bits per heavy atom. The van der Waals surface area contributed by atoms with Gasteiger partial charge in [0.05, 0.1) is 6.10 Å². The van der Waals surface area contributed by atoms with Gasteiger partial charge >= 0.3 is 0 Å². The van der Waals surface area contributed by atoms with E-state index in [0.717, 1.165) is 43.9 Å². The summed E-state index contributed by atoms with van der Waals surface area (Å²) in [5.41, 5.74) is 1.53. The summed E-state index contributed by atoms with van der Waals surface area (Å²) in [7, 11) is 0. The van der Waals surface area contributed by atoms with Gasteiger partial charge in [-0.3, -0.25) is 4.79 Å². The van der Waals surface area contributed by atoms with Gasteiger partial charge in [-0.25, -0.2) is 0 Å². The molecule has 1 N–H and O–H groups in total. The zero-order chi connectivity index (χ0) is 15.5. The Bertz CT molecular complexity index is 534. The molecule has 3 fully saturated rings. The van der Waals surface area contributed by atoms with Crippen molar-refractivity contribution in [2.45, 2.75) is 58.0 Å². The van der Waals surface area contributed by atoms with Crippen LogP contribution in [0.25, 0.3) is 0 Å². The minimum atomic E-state index is -0.208. The maximum atomic E-state index is 11.7. The van der Waals surface area contributed by atoms with E-state index in [0.29, 0.717) is 17.6 Å². The van der Waals surface area contributed by atoms with Crippen molar-refractivity contribution in [3.05, 3.63) is 24.3 Å². The summed E-state index contributed by atoms with van der Waals surface area (Å²) < 4.78 is 0. The minimum Gasteiger partial charge on any atom is -0.392 e. The van der Waals surface area contributed by atoms with Crippen molar-refractivity contribution in [1.82, 2.24) is 0 Å². The topological polar surface area (TPSA) is 37.3 Å². The van der Waals surface area contributed by atoms with Crippen LogP contribution in [0.1, 0.15) is 51.9 Å². The van der Waals surface area contributed by atoms with Crippen LogP contribution < -0.4 is 0 Å². The van der Waals surface area contributed by atoms with E-state index in [1.54, 1.807) is 0 Å². The van der Waals surface area contributed by atoms with Gasteiger partial charge in [0, 0.05) is 12.3 Å². The average molecular weight is 300 g/mol. The fourth-order valence-corrected chi connectivity index (χ4v) is 6.48.